The molecule has 2 rings (SSSR count). The minimum atomic E-state index is 0.0327. The molecule has 0 aliphatic carbocycles. The van der Waals surface area contributed by atoms with Gasteiger partial charge in [-0.05, 0) is 44.2 Å². The van der Waals surface area contributed by atoms with Crippen LogP contribution in [-0.2, 0) is 6.54 Å². The molecule has 0 bridgehead atoms. The second-order valence-corrected chi connectivity index (χ2v) is 5.93. The predicted molar refractivity (Wildman–Crippen MR) is 90.1 cm³/mol. The van der Waals surface area contributed by atoms with Crippen LogP contribution >= 0.6 is 15.9 Å². The van der Waals surface area contributed by atoms with Gasteiger partial charge in [0.15, 0.2) is 0 Å². The van der Waals surface area contributed by atoms with Crippen molar-refractivity contribution >= 4 is 21.6 Å². The monoisotopic (exact) mass is 360 g/mol. The van der Waals surface area contributed by atoms with Crippen LogP contribution in [0.4, 0.5) is 5.69 Å². The summed E-state index contributed by atoms with van der Waals surface area (Å²) in [6.45, 7) is 4.31. The van der Waals surface area contributed by atoms with Crippen LogP contribution in [-0.4, -0.2) is 11.2 Å². The number of rotatable bonds is 5. The number of phenolic OH excluding ortho intramolecular Hbond substituents is 1. The average molecular weight is 361 g/mol. The first-order valence-electron chi connectivity index (χ1n) is 6.92. The highest BCUT2D eigenvalue weighted by Gasteiger charge is 2.10. The second-order valence-electron chi connectivity index (χ2n) is 5.08. The lowest BCUT2D eigenvalue weighted by Gasteiger charge is -2.16. The molecule has 2 N–H and O–H groups in total. The summed E-state index contributed by atoms with van der Waals surface area (Å²) in [4.78, 5) is 0. The van der Waals surface area contributed by atoms with Crippen molar-refractivity contribution in [3.05, 3.63) is 52.0 Å². The van der Waals surface area contributed by atoms with E-state index >= 15 is 0 Å². The Labute approximate surface area is 138 Å². The highest BCUT2D eigenvalue weighted by molar-refractivity contribution is 9.10. The summed E-state index contributed by atoms with van der Waals surface area (Å²) in [5, 5.41) is 22.2. The quantitative estimate of drug-likeness (QED) is 0.827. The van der Waals surface area contributed by atoms with Crippen LogP contribution < -0.4 is 10.1 Å². The molecule has 0 radical (unpaired) electrons. The van der Waals surface area contributed by atoms with Crippen molar-refractivity contribution in [2.24, 2.45) is 0 Å². The predicted octanol–water partition coefficient (Wildman–Crippen LogP) is 4.43. The lowest BCUT2D eigenvalue weighted by Crippen LogP contribution is -2.09. The topological polar surface area (TPSA) is 65.3 Å². The first kappa shape index (κ1) is 16.2. The van der Waals surface area contributed by atoms with Crippen LogP contribution in [0.1, 0.15) is 25.0 Å². The highest BCUT2D eigenvalue weighted by atomic mass is 79.9. The zero-order chi connectivity index (χ0) is 16.1. The van der Waals surface area contributed by atoms with Gasteiger partial charge in [0, 0.05) is 16.6 Å². The van der Waals surface area contributed by atoms with E-state index in [9.17, 15) is 5.11 Å². The Morgan fingerprint density at radius 2 is 2.09 bits per heavy atom. The van der Waals surface area contributed by atoms with Gasteiger partial charge in [-0.25, -0.2) is 0 Å². The van der Waals surface area contributed by atoms with Crippen molar-refractivity contribution in [2.75, 3.05) is 5.32 Å². The van der Waals surface area contributed by atoms with Crippen LogP contribution in [0.3, 0.4) is 0 Å². The smallest absolute Gasteiger partial charge is 0.142 e. The molecule has 0 atom stereocenters. The van der Waals surface area contributed by atoms with Crippen LogP contribution in [0.25, 0.3) is 0 Å². The normalized spacial score (nSPS) is 10.3. The molecular formula is C17H17BrN2O2. The van der Waals surface area contributed by atoms with E-state index in [2.05, 4.69) is 27.3 Å². The van der Waals surface area contributed by atoms with Crippen LogP contribution in [0, 0.1) is 11.3 Å². The van der Waals surface area contributed by atoms with Crippen molar-refractivity contribution in [3.8, 4) is 17.6 Å². The molecule has 0 amide bonds. The fourth-order valence-corrected chi connectivity index (χ4v) is 2.50. The van der Waals surface area contributed by atoms with E-state index in [1.54, 1.807) is 30.3 Å². The summed E-state index contributed by atoms with van der Waals surface area (Å²) in [5.41, 5.74) is 2.03. The number of halogens is 1. The molecule has 114 valence electrons. The van der Waals surface area contributed by atoms with Gasteiger partial charge in [-0.3, -0.25) is 0 Å². The number of hydrogen-bond acceptors (Lipinski definition) is 4. The number of nitrogens with zero attached hydrogens (tertiary/aromatic N) is 1. The Kier molecular flexibility index (Phi) is 5.29. The number of phenols is 1. The molecule has 0 unspecified atom stereocenters. The Bertz CT molecular complexity index is 688. The minimum Gasteiger partial charge on any atom is -0.508 e. The number of nitriles is 1. The van der Waals surface area contributed by atoms with Gasteiger partial charge in [-0.1, -0.05) is 22.0 Å². The number of nitrogens with one attached hydrogen (secondary N) is 1. The van der Waals surface area contributed by atoms with Gasteiger partial charge in [0.25, 0.3) is 0 Å². The van der Waals surface area contributed by atoms with E-state index in [1.807, 2.05) is 19.9 Å². The van der Waals surface area contributed by atoms with E-state index in [-0.39, 0.29) is 11.9 Å². The molecule has 0 saturated heterocycles. The van der Waals surface area contributed by atoms with E-state index in [4.69, 9.17) is 10.00 Å². The number of aromatic hydroxyl groups is 1. The number of benzene rings is 2. The maximum Gasteiger partial charge on any atom is 0.142 e. The van der Waals surface area contributed by atoms with Crippen LogP contribution in [0.5, 0.6) is 11.5 Å². The van der Waals surface area contributed by atoms with Crippen molar-refractivity contribution < 1.29 is 9.84 Å². The van der Waals surface area contributed by atoms with Crippen molar-refractivity contribution in [1.29, 1.82) is 5.26 Å². The summed E-state index contributed by atoms with van der Waals surface area (Å²) < 4.78 is 6.57. The Hall–Kier alpha value is -2.19. The zero-order valence-electron chi connectivity index (χ0n) is 12.4. The number of anilines is 1. The first-order chi connectivity index (χ1) is 10.5. The molecule has 2 aromatic carbocycles. The molecule has 4 nitrogen and oxygen atoms in total. The average Bonchev–Trinajstić information content (AvgIpc) is 2.47. The van der Waals surface area contributed by atoms with Gasteiger partial charge >= 0.3 is 0 Å². The third-order valence-corrected chi connectivity index (χ3v) is 3.76. The summed E-state index contributed by atoms with van der Waals surface area (Å²) in [6, 6.07) is 12.6. The van der Waals surface area contributed by atoms with Gasteiger partial charge in [0.1, 0.15) is 11.5 Å². The maximum atomic E-state index is 9.93. The molecule has 0 aromatic heterocycles. The van der Waals surface area contributed by atoms with Crippen molar-refractivity contribution in [1.82, 2.24) is 0 Å². The summed E-state index contributed by atoms with van der Waals surface area (Å²) in [7, 11) is 0. The second kappa shape index (κ2) is 7.19. The minimum absolute atomic E-state index is 0.0327. The fraction of sp³-hybridized carbons (Fsp3) is 0.235. The van der Waals surface area contributed by atoms with Gasteiger partial charge in [-0.15, -0.1) is 0 Å². The van der Waals surface area contributed by atoms with Crippen LogP contribution in [0.15, 0.2) is 40.9 Å². The first-order valence-corrected chi connectivity index (χ1v) is 7.71. The molecule has 0 fully saturated rings. The lowest BCUT2D eigenvalue weighted by molar-refractivity contribution is 0.243. The number of ether oxygens (including phenoxy) is 1. The maximum absolute atomic E-state index is 9.93. The molecule has 0 aliphatic rings. The lowest BCUT2D eigenvalue weighted by atomic mass is 10.1. The van der Waals surface area contributed by atoms with Gasteiger partial charge in [0.2, 0.25) is 0 Å². The Morgan fingerprint density at radius 1 is 1.32 bits per heavy atom. The van der Waals surface area contributed by atoms with E-state index < -0.39 is 0 Å². The Balaban J connectivity index is 2.26. The molecule has 0 saturated carbocycles. The van der Waals surface area contributed by atoms with Crippen molar-refractivity contribution in [2.45, 2.75) is 26.5 Å². The van der Waals surface area contributed by atoms with Gasteiger partial charge in [-0.2, -0.15) is 5.26 Å². The molecule has 22 heavy (non-hydrogen) atoms. The summed E-state index contributed by atoms with van der Waals surface area (Å²) >= 11 is 3.42. The molecule has 0 heterocycles. The third kappa shape index (κ3) is 3.92. The molecule has 5 heteroatoms. The van der Waals surface area contributed by atoms with Crippen molar-refractivity contribution in [3.63, 3.8) is 0 Å². The van der Waals surface area contributed by atoms with Gasteiger partial charge in [0.05, 0.1) is 23.4 Å². The zero-order valence-corrected chi connectivity index (χ0v) is 14.0. The summed E-state index contributed by atoms with van der Waals surface area (Å²) in [6.07, 6.45) is 0.0327. The highest BCUT2D eigenvalue weighted by Crippen LogP contribution is 2.30. The standard InChI is InChI=1S/C17H17BrN2O2/c1-11(2)22-17-7-6-12(9-19)8-15(17)20-10-13-14(18)4-3-5-16(13)21/h3-8,11,20-21H,10H2,1-2H3. The molecular weight excluding hydrogens is 344 g/mol. The largest absolute Gasteiger partial charge is 0.508 e. The van der Waals surface area contributed by atoms with Crippen LogP contribution in [0.2, 0.25) is 0 Å². The molecule has 2 aromatic rings. The van der Waals surface area contributed by atoms with Gasteiger partial charge < -0.3 is 15.2 Å². The molecule has 0 aliphatic heterocycles. The van der Waals surface area contributed by atoms with E-state index in [0.29, 0.717) is 17.9 Å². The number of hydrogen-bond donors (Lipinski definition) is 2. The third-order valence-electron chi connectivity index (χ3n) is 3.02. The summed E-state index contributed by atoms with van der Waals surface area (Å²) in [5.74, 6) is 0.894. The SMILES string of the molecule is CC(C)Oc1ccc(C#N)cc1NCc1c(O)cccc1Br. The Morgan fingerprint density at radius 3 is 2.73 bits per heavy atom. The van der Waals surface area contributed by atoms with E-state index in [1.165, 1.54) is 0 Å². The van der Waals surface area contributed by atoms with E-state index in [0.717, 1.165) is 15.7 Å². The molecule has 0 spiro atoms. The fourth-order valence-electron chi connectivity index (χ4n) is 2.00.